The Labute approximate surface area is 111 Å². The van der Waals surface area contributed by atoms with E-state index < -0.39 is 0 Å². The molecule has 1 heterocycles. The van der Waals surface area contributed by atoms with Gasteiger partial charge < -0.3 is 4.90 Å². The van der Waals surface area contributed by atoms with Crippen molar-refractivity contribution in [3.8, 4) is 6.07 Å². The molecular formula is C14H12ClN3. The van der Waals surface area contributed by atoms with Crippen LogP contribution in [0.2, 0.25) is 5.02 Å². The van der Waals surface area contributed by atoms with Crippen molar-refractivity contribution in [2.24, 2.45) is 0 Å². The van der Waals surface area contributed by atoms with Crippen LogP contribution in [0.3, 0.4) is 0 Å². The SMILES string of the molecule is CN(Cc1ccc(Cl)cc1)c1ncccc1C#N. The normalized spacial score (nSPS) is 9.83. The van der Waals surface area contributed by atoms with Gasteiger partial charge >= 0.3 is 0 Å². The molecule has 0 radical (unpaired) electrons. The summed E-state index contributed by atoms with van der Waals surface area (Å²) in [6.07, 6.45) is 1.69. The van der Waals surface area contributed by atoms with E-state index in [0.717, 1.165) is 10.6 Å². The Kier molecular flexibility index (Phi) is 3.81. The molecule has 18 heavy (non-hydrogen) atoms. The van der Waals surface area contributed by atoms with Crippen molar-refractivity contribution in [1.29, 1.82) is 5.26 Å². The summed E-state index contributed by atoms with van der Waals surface area (Å²) >= 11 is 5.84. The third-order valence-corrected chi connectivity index (χ3v) is 2.85. The van der Waals surface area contributed by atoms with E-state index in [1.807, 2.05) is 36.2 Å². The molecule has 0 saturated carbocycles. The van der Waals surface area contributed by atoms with E-state index in [4.69, 9.17) is 16.9 Å². The molecule has 0 fully saturated rings. The zero-order chi connectivity index (χ0) is 13.0. The number of rotatable bonds is 3. The van der Waals surface area contributed by atoms with Gasteiger partial charge in [-0.1, -0.05) is 23.7 Å². The van der Waals surface area contributed by atoms with Crippen molar-refractivity contribution >= 4 is 17.4 Å². The summed E-state index contributed by atoms with van der Waals surface area (Å²) in [6, 6.07) is 13.3. The number of nitrogens with zero attached hydrogens (tertiary/aromatic N) is 3. The predicted octanol–water partition coefficient (Wildman–Crippen LogP) is 3.24. The topological polar surface area (TPSA) is 39.9 Å². The Morgan fingerprint density at radius 1 is 1.28 bits per heavy atom. The summed E-state index contributed by atoms with van der Waals surface area (Å²) in [5.41, 5.74) is 1.70. The fourth-order valence-corrected chi connectivity index (χ4v) is 1.85. The molecule has 1 aromatic heterocycles. The van der Waals surface area contributed by atoms with Crippen molar-refractivity contribution in [3.05, 3.63) is 58.7 Å². The van der Waals surface area contributed by atoms with Crippen LogP contribution in [0.1, 0.15) is 11.1 Å². The van der Waals surface area contributed by atoms with Crippen molar-refractivity contribution in [2.45, 2.75) is 6.54 Å². The molecule has 0 spiro atoms. The first-order valence-electron chi connectivity index (χ1n) is 5.51. The van der Waals surface area contributed by atoms with Gasteiger partial charge in [0, 0.05) is 24.8 Å². The number of hydrogen-bond donors (Lipinski definition) is 0. The van der Waals surface area contributed by atoms with E-state index in [0.29, 0.717) is 17.9 Å². The minimum atomic E-state index is 0.578. The highest BCUT2D eigenvalue weighted by atomic mass is 35.5. The summed E-state index contributed by atoms with van der Waals surface area (Å²) in [4.78, 5) is 6.19. The second kappa shape index (κ2) is 5.52. The molecule has 0 amide bonds. The molecule has 3 nitrogen and oxygen atoms in total. The number of hydrogen-bond acceptors (Lipinski definition) is 3. The van der Waals surface area contributed by atoms with E-state index >= 15 is 0 Å². The third kappa shape index (κ3) is 2.79. The highest BCUT2D eigenvalue weighted by Gasteiger charge is 2.08. The largest absolute Gasteiger partial charge is 0.354 e. The van der Waals surface area contributed by atoms with Gasteiger partial charge in [-0.05, 0) is 29.8 Å². The molecular weight excluding hydrogens is 246 g/mol. The zero-order valence-corrected chi connectivity index (χ0v) is 10.7. The van der Waals surface area contributed by atoms with Gasteiger partial charge in [-0.15, -0.1) is 0 Å². The second-order valence-corrected chi connectivity index (χ2v) is 4.41. The number of pyridine rings is 1. The van der Waals surface area contributed by atoms with Gasteiger partial charge in [0.1, 0.15) is 11.9 Å². The van der Waals surface area contributed by atoms with Crippen LogP contribution in [0.15, 0.2) is 42.6 Å². The minimum Gasteiger partial charge on any atom is -0.354 e. The number of nitriles is 1. The lowest BCUT2D eigenvalue weighted by Gasteiger charge is -2.19. The van der Waals surface area contributed by atoms with Gasteiger partial charge in [-0.25, -0.2) is 4.98 Å². The Morgan fingerprint density at radius 3 is 2.67 bits per heavy atom. The Bertz CT molecular complexity index is 572. The molecule has 0 aliphatic rings. The van der Waals surface area contributed by atoms with E-state index in [-0.39, 0.29) is 0 Å². The van der Waals surface area contributed by atoms with Gasteiger partial charge in [0.2, 0.25) is 0 Å². The summed E-state index contributed by atoms with van der Waals surface area (Å²) in [5, 5.41) is 9.76. The first-order chi connectivity index (χ1) is 8.70. The van der Waals surface area contributed by atoms with Crippen LogP contribution in [0.25, 0.3) is 0 Å². The number of anilines is 1. The van der Waals surface area contributed by atoms with E-state index in [1.165, 1.54) is 0 Å². The molecule has 1 aromatic carbocycles. The maximum atomic E-state index is 9.04. The van der Waals surface area contributed by atoms with Crippen molar-refractivity contribution in [1.82, 2.24) is 4.98 Å². The van der Waals surface area contributed by atoms with Crippen LogP contribution in [0.5, 0.6) is 0 Å². The summed E-state index contributed by atoms with van der Waals surface area (Å²) < 4.78 is 0. The average molecular weight is 258 g/mol. The number of halogens is 1. The molecule has 0 N–H and O–H groups in total. The van der Waals surface area contributed by atoms with Crippen molar-refractivity contribution in [2.75, 3.05) is 11.9 Å². The van der Waals surface area contributed by atoms with Gasteiger partial charge in [0.05, 0.1) is 5.56 Å². The average Bonchev–Trinajstić information content (AvgIpc) is 2.41. The van der Waals surface area contributed by atoms with E-state index in [9.17, 15) is 0 Å². The second-order valence-electron chi connectivity index (χ2n) is 3.97. The highest BCUT2D eigenvalue weighted by molar-refractivity contribution is 6.30. The molecule has 2 rings (SSSR count). The van der Waals surface area contributed by atoms with Gasteiger partial charge in [-0.3, -0.25) is 0 Å². The van der Waals surface area contributed by atoms with E-state index in [1.54, 1.807) is 18.3 Å². The molecule has 0 aliphatic heterocycles. The number of benzene rings is 1. The molecule has 0 saturated heterocycles. The minimum absolute atomic E-state index is 0.578. The van der Waals surface area contributed by atoms with Crippen molar-refractivity contribution < 1.29 is 0 Å². The Morgan fingerprint density at radius 2 is 2.00 bits per heavy atom. The highest BCUT2D eigenvalue weighted by Crippen LogP contribution is 2.18. The molecule has 2 aromatic rings. The lowest BCUT2D eigenvalue weighted by Crippen LogP contribution is -2.18. The molecule has 0 aliphatic carbocycles. The summed E-state index contributed by atoms with van der Waals surface area (Å²) in [5.74, 6) is 0.690. The number of aromatic nitrogens is 1. The lowest BCUT2D eigenvalue weighted by molar-refractivity contribution is 0.895. The third-order valence-electron chi connectivity index (χ3n) is 2.60. The Balaban J connectivity index is 2.19. The predicted molar refractivity (Wildman–Crippen MR) is 72.5 cm³/mol. The fraction of sp³-hybridized carbons (Fsp3) is 0.143. The molecule has 0 bridgehead atoms. The van der Waals surface area contributed by atoms with Gasteiger partial charge in [0.15, 0.2) is 0 Å². The Hall–Kier alpha value is -2.05. The quantitative estimate of drug-likeness (QED) is 0.847. The monoisotopic (exact) mass is 257 g/mol. The smallest absolute Gasteiger partial charge is 0.146 e. The maximum absolute atomic E-state index is 9.04. The molecule has 90 valence electrons. The van der Waals surface area contributed by atoms with E-state index in [2.05, 4.69) is 11.1 Å². The fourth-order valence-electron chi connectivity index (χ4n) is 1.73. The van der Waals surface area contributed by atoms with Crippen LogP contribution in [0, 0.1) is 11.3 Å². The zero-order valence-electron chi connectivity index (χ0n) is 9.97. The van der Waals surface area contributed by atoms with Crippen LogP contribution < -0.4 is 4.90 Å². The van der Waals surface area contributed by atoms with Gasteiger partial charge in [-0.2, -0.15) is 5.26 Å². The molecule has 4 heteroatoms. The van der Waals surface area contributed by atoms with Crippen LogP contribution >= 0.6 is 11.6 Å². The lowest BCUT2D eigenvalue weighted by atomic mass is 10.2. The van der Waals surface area contributed by atoms with Crippen LogP contribution in [-0.4, -0.2) is 12.0 Å². The van der Waals surface area contributed by atoms with Crippen LogP contribution in [0.4, 0.5) is 5.82 Å². The molecule has 0 atom stereocenters. The molecule has 0 unspecified atom stereocenters. The summed E-state index contributed by atoms with van der Waals surface area (Å²) in [6.45, 7) is 0.683. The first kappa shape index (κ1) is 12.4. The summed E-state index contributed by atoms with van der Waals surface area (Å²) in [7, 11) is 1.91. The van der Waals surface area contributed by atoms with Crippen molar-refractivity contribution in [3.63, 3.8) is 0 Å². The maximum Gasteiger partial charge on any atom is 0.146 e. The van der Waals surface area contributed by atoms with Gasteiger partial charge in [0.25, 0.3) is 0 Å². The first-order valence-corrected chi connectivity index (χ1v) is 5.89. The van der Waals surface area contributed by atoms with Crippen LogP contribution in [-0.2, 0) is 6.54 Å². The standard InChI is InChI=1S/C14H12ClN3/c1-18(10-11-4-6-13(15)7-5-11)14-12(9-16)3-2-8-17-14/h2-8H,10H2,1H3.